The van der Waals surface area contributed by atoms with E-state index in [1.807, 2.05) is 0 Å². The Morgan fingerprint density at radius 3 is 2.30 bits per heavy atom. The van der Waals surface area contributed by atoms with Crippen LogP contribution in [0.15, 0.2) is 46.8 Å². The van der Waals surface area contributed by atoms with Crippen molar-refractivity contribution in [2.75, 3.05) is 7.11 Å². The molecule has 0 radical (unpaired) electrons. The smallest absolute Gasteiger partial charge is 0.336 e. The highest BCUT2D eigenvalue weighted by Crippen LogP contribution is 2.39. The molecule has 10 heteroatoms. The van der Waals surface area contributed by atoms with Crippen molar-refractivity contribution in [3.05, 3.63) is 62.5 Å². The Morgan fingerprint density at radius 2 is 1.76 bits per heavy atom. The zero-order valence-corrected chi connectivity index (χ0v) is 19.8. The maximum Gasteiger partial charge on any atom is 0.336 e. The number of esters is 2. The van der Waals surface area contributed by atoms with E-state index in [0.29, 0.717) is 17.0 Å². The van der Waals surface area contributed by atoms with Gasteiger partial charge in [0, 0.05) is 29.1 Å². The molecule has 1 amide bonds. The Kier molecular flexibility index (Phi) is 7.63. The monoisotopic (exact) mass is 459 g/mol. The van der Waals surface area contributed by atoms with E-state index in [1.54, 1.807) is 40.7 Å². The summed E-state index contributed by atoms with van der Waals surface area (Å²) in [6.45, 7) is 9.93. The van der Waals surface area contributed by atoms with Gasteiger partial charge in [0.25, 0.3) is 11.6 Å². The summed E-state index contributed by atoms with van der Waals surface area (Å²) < 4.78 is 10.2. The minimum atomic E-state index is -0.976. The van der Waals surface area contributed by atoms with E-state index in [0.717, 1.165) is 0 Å². The van der Waals surface area contributed by atoms with Gasteiger partial charge in [-0.15, -0.1) is 0 Å². The zero-order valence-electron chi connectivity index (χ0n) is 19.8. The molecule has 2 rings (SSSR count). The van der Waals surface area contributed by atoms with Crippen molar-refractivity contribution >= 4 is 23.5 Å². The molecule has 0 aromatic heterocycles. The summed E-state index contributed by atoms with van der Waals surface area (Å²) in [6, 6.07) is 4.73. The number of non-ortho nitro benzene ring substituents is 1. The fraction of sp³-hybridized carbons (Fsp3) is 0.435. The van der Waals surface area contributed by atoms with Crippen LogP contribution in [0.2, 0.25) is 0 Å². The van der Waals surface area contributed by atoms with Gasteiger partial charge >= 0.3 is 11.9 Å². The largest absolute Gasteiger partial charge is 0.466 e. The molecule has 2 atom stereocenters. The second-order valence-electron chi connectivity index (χ2n) is 8.71. The van der Waals surface area contributed by atoms with E-state index in [1.165, 1.54) is 32.2 Å². The van der Waals surface area contributed by atoms with Gasteiger partial charge in [-0.25, -0.2) is 9.59 Å². The van der Waals surface area contributed by atoms with E-state index < -0.39 is 40.3 Å². The first-order valence-corrected chi connectivity index (χ1v) is 10.3. The Balaban J connectivity index is 2.54. The summed E-state index contributed by atoms with van der Waals surface area (Å²) in [5, 5.41) is 16.9. The van der Waals surface area contributed by atoms with Crippen molar-refractivity contribution in [3.8, 4) is 0 Å². The fourth-order valence-corrected chi connectivity index (χ4v) is 3.55. The molecule has 0 bridgehead atoms. The molecule has 1 aromatic carbocycles. The van der Waals surface area contributed by atoms with Gasteiger partial charge in [-0.3, -0.25) is 14.9 Å². The lowest BCUT2D eigenvalue weighted by Crippen LogP contribution is -2.45. The average Bonchev–Trinajstić information content (AvgIpc) is 2.71. The van der Waals surface area contributed by atoms with Crippen LogP contribution in [0.5, 0.6) is 0 Å². The Bertz CT molecular complexity index is 1050. The van der Waals surface area contributed by atoms with Crippen LogP contribution in [0.1, 0.15) is 53.0 Å². The summed E-state index contributed by atoms with van der Waals surface area (Å²) >= 11 is 0. The minimum Gasteiger partial charge on any atom is -0.466 e. The van der Waals surface area contributed by atoms with E-state index in [2.05, 4.69) is 10.6 Å². The molecular weight excluding hydrogens is 430 g/mol. The number of ether oxygens (including phenoxy) is 2. The Labute approximate surface area is 192 Å². The van der Waals surface area contributed by atoms with Gasteiger partial charge in [-0.05, 0) is 47.1 Å². The molecule has 1 aromatic rings. The predicted octanol–water partition coefficient (Wildman–Crippen LogP) is 2.85. The lowest BCUT2D eigenvalue weighted by molar-refractivity contribution is -0.384. The third-order valence-electron chi connectivity index (χ3n) is 4.93. The second-order valence-corrected chi connectivity index (χ2v) is 8.71. The third-order valence-corrected chi connectivity index (χ3v) is 4.93. The van der Waals surface area contributed by atoms with Crippen LogP contribution in [-0.4, -0.2) is 41.5 Å². The summed E-state index contributed by atoms with van der Waals surface area (Å²) in [7, 11) is 1.21. The van der Waals surface area contributed by atoms with Crippen molar-refractivity contribution in [2.24, 2.45) is 0 Å². The molecule has 2 N–H and O–H groups in total. The molecule has 178 valence electrons. The van der Waals surface area contributed by atoms with Crippen LogP contribution in [0, 0.1) is 10.1 Å². The molecule has 0 spiro atoms. The van der Waals surface area contributed by atoms with Crippen molar-refractivity contribution in [3.63, 3.8) is 0 Å². The first kappa shape index (κ1) is 25.6. The number of nitrogens with one attached hydrogen (secondary N) is 2. The van der Waals surface area contributed by atoms with Gasteiger partial charge in [-0.2, -0.15) is 0 Å². The van der Waals surface area contributed by atoms with E-state index in [-0.39, 0.29) is 16.8 Å². The molecule has 1 heterocycles. The quantitative estimate of drug-likeness (QED) is 0.376. The standard InChI is InChI=1S/C23H29N3O7/c1-12-17(20(27)25-14(3)21(28)33-23(4,5)6)19(18(13(2)24-12)22(29)32-7)15-9-8-10-16(11-15)26(30)31/h8-11,14,19,24H,1-7H3,(H,25,27). The number of dihydropyridines is 1. The number of benzene rings is 1. The molecule has 0 fully saturated rings. The summed E-state index contributed by atoms with van der Waals surface area (Å²) in [4.78, 5) is 49.1. The number of allylic oxidation sites excluding steroid dienone is 2. The molecule has 0 saturated carbocycles. The van der Waals surface area contributed by atoms with Crippen LogP contribution in [0.25, 0.3) is 0 Å². The molecule has 1 aliphatic rings. The van der Waals surface area contributed by atoms with Gasteiger partial charge in [0.05, 0.1) is 23.5 Å². The maximum absolute atomic E-state index is 13.3. The number of hydrogen-bond acceptors (Lipinski definition) is 8. The highest BCUT2D eigenvalue weighted by molar-refractivity contribution is 6.03. The van der Waals surface area contributed by atoms with Gasteiger partial charge in [0.1, 0.15) is 11.6 Å². The lowest BCUT2D eigenvalue weighted by atomic mass is 9.80. The van der Waals surface area contributed by atoms with Crippen molar-refractivity contribution < 1.29 is 28.8 Å². The van der Waals surface area contributed by atoms with Gasteiger partial charge in [-0.1, -0.05) is 12.1 Å². The number of carbonyl (C=O) groups excluding carboxylic acids is 3. The van der Waals surface area contributed by atoms with Gasteiger partial charge < -0.3 is 20.1 Å². The number of nitro groups is 1. The van der Waals surface area contributed by atoms with Crippen LogP contribution < -0.4 is 10.6 Å². The van der Waals surface area contributed by atoms with E-state index in [4.69, 9.17) is 9.47 Å². The zero-order chi connectivity index (χ0) is 25.1. The fourth-order valence-electron chi connectivity index (χ4n) is 3.55. The van der Waals surface area contributed by atoms with Crippen LogP contribution >= 0.6 is 0 Å². The molecule has 0 aliphatic carbocycles. The maximum atomic E-state index is 13.3. The molecule has 33 heavy (non-hydrogen) atoms. The number of amides is 1. The van der Waals surface area contributed by atoms with Gasteiger partial charge in [0.2, 0.25) is 0 Å². The lowest BCUT2D eigenvalue weighted by Gasteiger charge is -2.31. The SMILES string of the molecule is COC(=O)C1=C(C)NC(C)=C(C(=O)NC(C)C(=O)OC(C)(C)C)C1c1cccc([N+](=O)[O-])c1. The summed E-state index contributed by atoms with van der Waals surface area (Å²) in [5.74, 6) is -2.88. The molecule has 2 unspecified atom stereocenters. The second kappa shape index (κ2) is 9.85. The number of methoxy groups -OCH3 is 1. The number of rotatable bonds is 6. The average molecular weight is 459 g/mol. The van der Waals surface area contributed by atoms with E-state index in [9.17, 15) is 24.5 Å². The van der Waals surface area contributed by atoms with Crippen LogP contribution in [0.4, 0.5) is 5.69 Å². The van der Waals surface area contributed by atoms with Crippen molar-refractivity contribution in [2.45, 2.75) is 59.1 Å². The first-order valence-electron chi connectivity index (χ1n) is 10.3. The summed E-state index contributed by atoms with van der Waals surface area (Å²) in [6.07, 6.45) is 0. The highest BCUT2D eigenvalue weighted by atomic mass is 16.6. The van der Waals surface area contributed by atoms with Gasteiger partial charge in [0.15, 0.2) is 0 Å². The van der Waals surface area contributed by atoms with Crippen molar-refractivity contribution in [1.29, 1.82) is 0 Å². The molecule has 10 nitrogen and oxygen atoms in total. The number of carbonyl (C=O) groups is 3. The number of nitrogens with zero attached hydrogens (tertiary/aromatic N) is 1. The normalized spacial score (nSPS) is 17.1. The predicted molar refractivity (Wildman–Crippen MR) is 120 cm³/mol. The topological polar surface area (TPSA) is 137 Å². The Hall–Kier alpha value is -3.69. The minimum absolute atomic E-state index is 0.136. The first-order chi connectivity index (χ1) is 15.3. The van der Waals surface area contributed by atoms with Crippen LogP contribution in [0.3, 0.4) is 0 Å². The summed E-state index contributed by atoms with van der Waals surface area (Å²) in [5.41, 5.74) is 0.599. The number of hydrogen-bond donors (Lipinski definition) is 2. The number of nitro benzene ring substituents is 1. The molecular formula is C23H29N3O7. The highest BCUT2D eigenvalue weighted by Gasteiger charge is 2.38. The van der Waals surface area contributed by atoms with E-state index >= 15 is 0 Å². The third kappa shape index (κ3) is 5.97. The van der Waals surface area contributed by atoms with Crippen LogP contribution in [-0.2, 0) is 23.9 Å². The van der Waals surface area contributed by atoms with Crippen molar-refractivity contribution in [1.82, 2.24) is 10.6 Å². The molecule has 1 aliphatic heterocycles. The molecule has 0 saturated heterocycles. The Morgan fingerprint density at radius 1 is 1.15 bits per heavy atom.